The van der Waals surface area contributed by atoms with Crippen molar-refractivity contribution in [2.75, 3.05) is 6.61 Å². The van der Waals surface area contributed by atoms with Gasteiger partial charge in [0.05, 0.1) is 23.3 Å². The molecule has 1 rings (SSSR count). The van der Waals surface area contributed by atoms with Crippen LogP contribution in [0.1, 0.15) is 46.0 Å². The van der Waals surface area contributed by atoms with Crippen LogP contribution in [0.2, 0.25) is 0 Å². The highest BCUT2D eigenvalue weighted by molar-refractivity contribution is 7.80. The summed E-state index contributed by atoms with van der Waals surface area (Å²) < 4.78 is 11.5. The molecule has 0 bridgehead atoms. The molecule has 1 fully saturated rings. The highest BCUT2D eigenvalue weighted by atomic mass is 32.1. The molecular weight excluding hydrogens is 222 g/mol. The summed E-state index contributed by atoms with van der Waals surface area (Å²) in [5.74, 6) is 0. The highest BCUT2D eigenvalue weighted by Crippen LogP contribution is 2.21. The van der Waals surface area contributed by atoms with Crippen molar-refractivity contribution < 1.29 is 9.47 Å². The van der Waals surface area contributed by atoms with Crippen LogP contribution in [0.25, 0.3) is 0 Å². The van der Waals surface area contributed by atoms with E-state index < -0.39 is 0 Å². The Morgan fingerprint density at radius 3 is 2.50 bits per heavy atom. The van der Waals surface area contributed by atoms with Crippen molar-refractivity contribution in [3.05, 3.63) is 0 Å². The summed E-state index contributed by atoms with van der Waals surface area (Å²) in [6, 6.07) is 0. The summed E-state index contributed by atoms with van der Waals surface area (Å²) in [6.07, 6.45) is 5.94. The number of ether oxygens (including phenoxy) is 2. The monoisotopic (exact) mass is 245 g/mol. The quantitative estimate of drug-likeness (QED) is 0.576. The van der Waals surface area contributed by atoms with Crippen LogP contribution in [0.3, 0.4) is 0 Å². The molecule has 1 aliphatic rings. The number of thiocarbonyl (C=S) groups is 1. The standard InChI is InChI=1S/C12H23NO2S/c1-9-7-11(8-10(2)15-9)14-6-4-3-5-12(13)16/h9-11H,3-8H2,1-2H3,(H2,13,16). The van der Waals surface area contributed by atoms with E-state index in [4.69, 9.17) is 27.4 Å². The summed E-state index contributed by atoms with van der Waals surface area (Å²) in [4.78, 5) is 0.605. The predicted molar refractivity (Wildman–Crippen MR) is 69.6 cm³/mol. The van der Waals surface area contributed by atoms with Crippen LogP contribution in [0.5, 0.6) is 0 Å². The van der Waals surface area contributed by atoms with E-state index in [9.17, 15) is 0 Å². The van der Waals surface area contributed by atoms with Crippen molar-refractivity contribution in [2.24, 2.45) is 5.73 Å². The molecule has 0 aromatic rings. The molecule has 4 heteroatoms. The Balaban J connectivity index is 2.06. The second-order valence-electron chi connectivity index (χ2n) is 4.64. The van der Waals surface area contributed by atoms with Gasteiger partial charge in [0.15, 0.2) is 0 Å². The topological polar surface area (TPSA) is 44.5 Å². The van der Waals surface area contributed by atoms with Gasteiger partial charge in [-0.15, -0.1) is 0 Å². The highest BCUT2D eigenvalue weighted by Gasteiger charge is 2.24. The molecule has 0 radical (unpaired) electrons. The average molecular weight is 245 g/mol. The van der Waals surface area contributed by atoms with Crippen LogP contribution in [0, 0.1) is 0 Å². The third-order valence-electron chi connectivity index (χ3n) is 2.83. The minimum Gasteiger partial charge on any atom is -0.393 e. The van der Waals surface area contributed by atoms with Gasteiger partial charge in [-0.25, -0.2) is 0 Å². The van der Waals surface area contributed by atoms with E-state index in [0.29, 0.717) is 23.3 Å². The van der Waals surface area contributed by atoms with Crippen molar-refractivity contribution in [1.82, 2.24) is 0 Å². The minimum atomic E-state index is 0.324. The van der Waals surface area contributed by atoms with Crippen molar-refractivity contribution in [3.63, 3.8) is 0 Å². The molecule has 2 N–H and O–H groups in total. The van der Waals surface area contributed by atoms with E-state index in [1.807, 2.05) is 0 Å². The molecule has 3 nitrogen and oxygen atoms in total. The second-order valence-corrected chi connectivity index (χ2v) is 5.17. The maximum Gasteiger partial charge on any atom is 0.0727 e. The lowest BCUT2D eigenvalue weighted by Gasteiger charge is -2.32. The first-order valence-electron chi connectivity index (χ1n) is 6.13. The zero-order chi connectivity index (χ0) is 12.0. The maximum absolute atomic E-state index is 5.84. The van der Waals surface area contributed by atoms with Gasteiger partial charge in [-0.3, -0.25) is 0 Å². The molecule has 1 aliphatic heterocycles. The van der Waals surface area contributed by atoms with Crippen LogP contribution < -0.4 is 5.73 Å². The Kier molecular flexibility index (Phi) is 6.24. The molecule has 0 aromatic carbocycles. The van der Waals surface area contributed by atoms with Crippen LogP contribution in [-0.4, -0.2) is 29.9 Å². The number of unbranched alkanes of at least 4 members (excludes halogenated alkanes) is 1. The number of hydrogen-bond donors (Lipinski definition) is 1. The Morgan fingerprint density at radius 2 is 1.94 bits per heavy atom. The van der Waals surface area contributed by atoms with E-state index in [1.54, 1.807) is 0 Å². The smallest absolute Gasteiger partial charge is 0.0727 e. The van der Waals surface area contributed by atoms with Gasteiger partial charge in [0.25, 0.3) is 0 Å². The fraction of sp³-hybridized carbons (Fsp3) is 0.917. The molecule has 2 unspecified atom stereocenters. The van der Waals surface area contributed by atoms with Gasteiger partial charge in [-0.1, -0.05) is 12.2 Å². The zero-order valence-electron chi connectivity index (χ0n) is 10.3. The summed E-state index contributed by atoms with van der Waals surface area (Å²) in [5.41, 5.74) is 5.43. The fourth-order valence-corrected chi connectivity index (χ4v) is 2.28. The lowest BCUT2D eigenvalue weighted by Crippen LogP contribution is -2.34. The molecular formula is C12H23NO2S. The largest absolute Gasteiger partial charge is 0.393 e. The molecule has 0 amide bonds. The van der Waals surface area contributed by atoms with Gasteiger partial charge in [-0.2, -0.15) is 0 Å². The predicted octanol–water partition coefficient (Wildman–Crippen LogP) is 2.42. The summed E-state index contributed by atoms with van der Waals surface area (Å²) in [5, 5.41) is 0. The Bertz CT molecular complexity index is 213. The molecule has 94 valence electrons. The summed E-state index contributed by atoms with van der Waals surface area (Å²) >= 11 is 4.82. The molecule has 16 heavy (non-hydrogen) atoms. The minimum absolute atomic E-state index is 0.324. The number of hydrogen-bond acceptors (Lipinski definition) is 3. The Morgan fingerprint density at radius 1 is 1.31 bits per heavy atom. The second kappa shape index (κ2) is 7.20. The lowest BCUT2D eigenvalue weighted by atomic mass is 10.0. The molecule has 1 heterocycles. The van der Waals surface area contributed by atoms with E-state index in [1.165, 1.54) is 0 Å². The maximum atomic E-state index is 5.84. The van der Waals surface area contributed by atoms with Crippen LogP contribution >= 0.6 is 12.2 Å². The Hall–Kier alpha value is -0.190. The SMILES string of the molecule is CC1CC(OCCCCC(N)=S)CC(C)O1. The first kappa shape index (κ1) is 13.9. The van der Waals surface area contributed by atoms with Crippen LogP contribution in [0.15, 0.2) is 0 Å². The van der Waals surface area contributed by atoms with E-state index in [2.05, 4.69) is 13.8 Å². The van der Waals surface area contributed by atoms with Crippen LogP contribution in [-0.2, 0) is 9.47 Å². The van der Waals surface area contributed by atoms with Gasteiger partial charge in [0.1, 0.15) is 0 Å². The van der Waals surface area contributed by atoms with Crippen molar-refractivity contribution in [2.45, 2.75) is 64.3 Å². The summed E-state index contributed by atoms with van der Waals surface area (Å²) in [6.45, 7) is 5.03. The molecule has 0 saturated carbocycles. The van der Waals surface area contributed by atoms with E-state index in [0.717, 1.165) is 38.7 Å². The number of nitrogens with two attached hydrogens (primary N) is 1. The van der Waals surface area contributed by atoms with Gasteiger partial charge in [0.2, 0.25) is 0 Å². The fourth-order valence-electron chi connectivity index (χ4n) is 2.13. The van der Waals surface area contributed by atoms with Crippen molar-refractivity contribution >= 4 is 17.2 Å². The molecule has 0 aliphatic carbocycles. The summed E-state index contributed by atoms with van der Waals surface area (Å²) in [7, 11) is 0. The number of rotatable bonds is 6. The normalized spacial score (nSPS) is 30.2. The van der Waals surface area contributed by atoms with Crippen molar-refractivity contribution in [1.29, 1.82) is 0 Å². The average Bonchev–Trinajstić information content (AvgIpc) is 2.15. The molecule has 0 aromatic heterocycles. The van der Waals surface area contributed by atoms with E-state index in [-0.39, 0.29) is 0 Å². The van der Waals surface area contributed by atoms with Gasteiger partial charge < -0.3 is 15.2 Å². The van der Waals surface area contributed by atoms with Crippen LogP contribution in [0.4, 0.5) is 0 Å². The molecule has 1 saturated heterocycles. The molecule has 0 spiro atoms. The zero-order valence-corrected chi connectivity index (χ0v) is 11.1. The van der Waals surface area contributed by atoms with Gasteiger partial charge >= 0.3 is 0 Å². The third-order valence-corrected chi connectivity index (χ3v) is 3.03. The van der Waals surface area contributed by atoms with Gasteiger partial charge in [0, 0.05) is 6.61 Å². The van der Waals surface area contributed by atoms with Crippen molar-refractivity contribution in [3.8, 4) is 0 Å². The van der Waals surface area contributed by atoms with E-state index >= 15 is 0 Å². The first-order valence-corrected chi connectivity index (χ1v) is 6.54. The lowest BCUT2D eigenvalue weighted by molar-refractivity contribution is -0.102. The Labute approximate surface area is 104 Å². The van der Waals surface area contributed by atoms with Gasteiger partial charge in [-0.05, 0) is 46.0 Å². The first-order chi connectivity index (χ1) is 7.58. The third kappa shape index (κ3) is 5.77. The molecule has 2 atom stereocenters.